The Hall–Kier alpha value is -3.33. The van der Waals surface area contributed by atoms with Crippen molar-refractivity contribution in [1.82, 2.24) is 0 Å². The van der Waals surface area contributed by atoms with Crippen LogP contribution >= 0.6 is 0 Å². The molecule has 3 aromatic carbocycles. The van der Waals surface area contributed by atoms with Crippen LogP contribution in [0, 0.1) is 0 Å². The van der Waals surface area contributed by atoms with Crippen LogP contribution in [0.4, 0.5) is 0 Å². The Kier molecular flexibility index (Phi) is 4.75. The first-order chi connectivity index (χ1) is 13.2. The molecule has 4 rings (SSSR count). The minimum Gasteiger partial charge on any atom is -0.466 e. The standard InChI is InChI=1S/C24H20O3/c1-2-26-24(25)15-17-8-13-23-21(14-17)22(16-27-23)20-11-9-19(10-12-20)18-6-4-3-5-7-18/h3-14,16H,2,15H2,1H3. The predicted octanol–water partition coefficient (Wildman–Crippen LogP) is 5.87. The van der Waals surface area contributed by atoms with Crippen molar-refractivity contribution in [3.8, 4) is 22.3 Å². The van der Waals surface area contributed by atoms with Crippen molar-refractivity contribution in [2.24, 2.45) is 0 Å². The lowest BCUT2D eigenvalue weighted by molar-refractivity contribution is -0.142. The lowest BCUT2D eigenvalue weighted by atomic mass is 9.99. The summed E-state index contributed by atoms with van der Waals surface area (Å²) in [6, 6.07) is 24.6. The van der Waals surface area contributed by atoms with Gasteiger partial charge in [-0.15, -0.1) is 0 Å². The van der Waals surface area contributed by atoms with Crippen LogP contribution in [0.2, 0.25) is 0 Å². The summed E-state index contributed by atoms with van der Waals surface area (Å²) >= 11 is 0. The van der Waals surface area contributed by atoms with Crippen molar-refractivity contribution in [1.29, 1.82) is 0 Å². The van der Waals surface area contributed by atoms with Crippen LogP contribution in [-0.2, 0) is 16.0 Å². The van der Waals surface area contributed by atoms with E-state index in [9.17, 15) is 4.79 Å². The first-order valence-electron chi connectivity index (χ1n) is 9.06. The number of esters is 1. The molecular weight excluding hydrogens is 336 g/mol. The van der Waals surface area contributed by atoms with Gasteiger partial charge in [0.15, 0.2) is 0 Å². The summed E-state index contributed by atoms with van der Waals surface area (Å²) in [5.74, 6) is -0.214. The first-order valence-corrected chi connectivity index (χ1v) is 9.06. The van der Waals surface area contributed by atoms with E-state index in [0.717, 1.165) is 27.7 Å². The average molecular weight is 356 g/mol. The Morgan fingerprint density at radius 3 is 2.33 bits per heavy atom. The summed E-state index contributed by atoms with van der Waals surface area (Å²) in [7, 11) is 0. The first kappa shape index (κ1) is 17.1. The van der Waals surface area contributed by atoms with E-state index in [1.807, 2.05) is 43.3 Å². The number of carbonyl (C=O) groups excluding carboxylic acids is 1. The highest BCUT2D eigenvalue weighted by molar-refractivity contribution is 5.95. The summed E-state index contributed by atoms with van der Waals surface area (Å²) < 4.78 is 10.8. The molecular formula is C24H20O3. The molecule has 0 unspecified atom stereocenters. The zero-order valence-corrected chi connectivity index (χ0v) is 15.1. The third-order valence-corrected chi connectivity index (χ3v) is 4.59. The fourth-order valence-corrected chi connectivity index (χ4v) is 3.26. The number of fused-ring (bicyclic) bond motifs is 1. The number of furan rings is 1. The summed E-state index contributed by atoms with van der Waals surface area (Å²) in [6.07, 6.45) is 2.04. The highest BCUT2D eigenvalue weighted by atomic mass is 16.5. The largest absolute Gasteiger partial charge is 0.466 e. The number of hydrogen-bond donors (Lipinski definition) is 0. The maximum atomic E-state index is 11.8. The zero-order valence-electron chi connectivity index (χ0n) is 15.1. The van der Waals surface area contributed by atoms with Gasteiger partial charge in [-0.2, -0.15) is 0 Å². The van der Waals surface area contributed by atoms with Crippen LogP contribution in [0.3, 0.4) is 0 Å². The molecule has 0 aliphatic rings. The van der Waals surface area contributed by atoms with Crippen LogP contribution in [0.15, 0.2) is 83.5 Å². The monoisotopic (exact) mass is 356 g/mol. The van der Waals surface area contributed by atoms with Gasteiger partial charge < -0.3 is 9.15 Å². The van der Waals surface area contributed by atoms with Gasteiger partial charge in [-0.3, -0.25) is 4.79 Å². The summed E-state index contributed by atoms with van der Waals surface area (Å²) in [6.45, 7) is 2.21. The van der Waals surface area contributed by atoms with Crippen molar-refractivity contribution >= 4 is 16.9 Å². The van der Waals surface area contributed by atoms with Gasteiger partial charge in [-0.1, -0.05) is 60.7 Å². The number of hydrogen-bond acceptors (Lipinski definition) is 3. The minimum atomic E-state index is -0.214. The van der Waals surface area contributed by atoms with Crippen molar-refractivity contribution in [2.75, 3.05) is 6.61 Å². The van der Waals surface area contributed by atoms with Crippen LogP contribution < -0.4 is 0 Å². The van der Waals surface area contributed by atoms with Gasteiger partial charge in [-0.05, 0) is 41.3 Å². The molecule has 3 nitrogen and oxygen atoms in total. The molecule has 0 spiro atoms. The van der Waals surface area contributed by atoms with E-state index in [1.165, 1.54) is 11.1 Å². The molecule has 0 saturated heterocycles. The van der Waals surface area contributed by atoms with Crippen LogP contribution in [-0.4, -0.2) is 12.6 Å². The van der Waals surface area contributed by atoms with E-state index in [2.05, 4.69) is 36.4 Å². The Bertz CT molecular complexity index is 1060. The van der Waals surface area contributed by atoms with E-state index in [4.69, 9.17) is 9.15 Å². The highest BCUT2D eigenvalue weighted by Gasteiger charge is 2.11. The molecule has 0 aliphatic carbocycles. The SMILES string of the molecule is CCOC(=O)Cc1ccc2occ(-c3ccc(-c4ccccc4)cc3)c2c1. The molecule has 0 saturated carbocycles. The number of rotatable bonds is 5. The molecule has 3 heteroatoms. The van der Waals surface area contributed by atoms with Crippen LogP contribution in [0.5, 0.6) is 0 Å². The molecule has 0 radical (unpaired) electrons. The maximum Gasteiger partial charge on any atom is 0.310 e. The molecule has 0 bridgehead atoms. The van der Waals surface area contributed by atoms with Gasteiger partial charge in [-0.25, -0.2) is 0 Å². The van der Waals surface area contributed by atoms with Crippen molar-refractivity contribution in [3.05, 3.63) is 84.6 Å². The van der Waals surface area contributed by atoms with Crippen molar-refractivity contribution < 1.29 is 13.9 Å². The number of benzene rings is 3. The Morgan fingerprint density at radius 2 is 1.59 bits per heavy atom. The van der Waals surface area contributed by atoms with Gasteiger partial charge in [0.25, 0.3) is 0 Å². The summed E-state index contributed by atoms with van der Waals surface area (Å²) in [5.41, 5.74) is 6.21. The molecule has 0 aliphatic heterocycles. The summed E-state index contributed by atoms with van der Waals surface area (Å²) in [5, 5.41) is 1.00. The topological polar surface area (TPSA) is 39.4 Å². The Morgan fingerprint density at radius 1 is 0.889 bits per heavy atom. The van der Waals surface area contributed by atoms with E-state index < -0.39 is 0 Å². The summed E-state index contributed by atoms with van der Waals surface area (Å²) in [4.78, 5) is 11.8. The van der Waals surface area contributed by atoms with Crippen molar-refractivity contribution in [3.63, 3.8) is 0 Å². The van der Waals surface area contributed by atoms with Gasteiger partial charge in [0, 0.05) is 10.9 Å². The second-order valence-electron chi connectivity index (χ2n) is 6.41. The van der Waals surface area contributed by atoms with Crippen LogP contribution in [0.25, 0.3) is 33.2 Å². The third kappa shape index (κ3) is 3.63. The van der Waals surface area contributed by atoms with E-state index in [-0.39, 0.29) is 12.4 Å². The fourth-order valence-electron chi connectivity index (χ4n) is 3.26. The van der Waals surface area contributed by atoms with Crippen molar-refractivity contribution in [2.45, 2.75) is 13.3 Å². The number of ether oxygens (including phenoxy) is 1. The minimum absolute atomic E-state index is 0.214. The normalized spacial score (nSPS) is 10.9. The molecule has 0 atom stereocenters. The molecule has 1 aromatic heterocycles. The van der Waals surface area contributed by atoms with E-state index >= 15 is 0 Å². The van der Waals surface area contributed by atoms with Crippen LogP contribution in [0.1, 0.15) is 12.5 Å². The van der Waals surface area contributed by atoms with E-state index in [0.29, 0.717) is 6.61 Å². The fraction of sp³-hybridized carbons (Fsp3) is 0.125. The Balaban J connectivity index is 1.66. The highest BCUT2D eigenvalue weighted by Crippen LogP contribution is 2.32. The van der Waals surface area contributed by atoms with Gasteiger partial charge in [0.2, 0.25) is 0 Å². The quantitative estimate of drug-likeness (QED) is 0.420. The molecule has 0 fully saturated rings. The average Bonchev–Trinajstić information content (AvgIpc) is 3.12. The zero-order chi connectivity index (χ0) is 18.6. The molecule has 4 aromatic rings. The third-order valence-electron chi connectivity index (χ3n) is 4.59. The molecule has 27 heavy (non-hydrogen) atoms. The van der Waals surface area contributed by atoms with Gasteiger partial charge in [0.1, 0.15) is 5.58 Å². The Labute approximate surface area is 158 Å². The number of carbonyl (C=O) groups is 1. The van der Waals surface area contributed by atoms with E-state index in [1.54, 1.807) is 6.26 Å². The smallest absolute Gasteiger partial charge is 0.310 e. The second kappa shape index (κ2) is 7.50. The molecule has 0 amide bonds. The second-order valence-corrected chi connectivity index (χ2v) is 6.41. The predicted molar refractivity (Wildman–Crippen MR) is 107 cm³/mol. The van der Waals surface area contributed by atoms with Gasteiger partial charge >= 0.3 is 5.97 Å². The molecule has 0 N–H and O–H groups in total. The lowest BCUT2D eigenvalue weighted by Gasteiger charge is -2.05. The lowest BCUT2D eigenvalue weighted by Crippen LogP contribution is -2.07. The maximum absolute atomic E-state index is 11.8. The molecule has 1 heterocycles. The molecule has 134 valence electrons. The van der Waals surface area contributed by atoms with Gasteiger partial charge in [0.05, 0.1) is 19.3 Å².